The van der Waals surface area contributed by atoms with Crippen molar-refractivity contribution in [2.75, 3.05) is 20.2 Å². The Labute approximate surface area is 176 Å². The van der Waals surface area contributed by atoms with Crippen LogP contribution in [-0.2, 0) is 20.0 Å². The van der Waals surface area contributed by atoms with Crippen molar-refractivity contribution in [2.45, 2.75) is 45.4 Å². The lowest BCUT2D eigenvalue weighted by molar-refractivity contribution is 0.414. The van der Waals surface area contributed by atoms with Crippen LogP contribution in [-0.4, -0.2) is 37.0 Å². The molecule has 0 saturated carbocycles. The Morgan fingerprint density at radius 1 is 0.724 bits per heavy atom. The van der Waals surface area contributed by atoms with Crippen LogP contribution in [0.5, 0.6) is 5.75 Å². The van der Waals surface area contributed by atoms with E-state index in [0.717, 1.165) is 5.56 Å². The SMILES string of the molecule is C.C.CCNS(=O)(=O)c1ccc(C)cc1.CCNS(=O)(=O)c1ccc(OC)cc1. The molecule has 0 spiro atoms. The van der Waals surface area contributed by atoms with E-state index in [9.17, 15) is 16.8 Å². The third-order valence-corrected chi connectivity index (χ3v) is 6.49. The molecule has 0 aliphatic carbocycles. The van der Waals surface area contributed by atoms with Gasteiger partial charge in [0.15, 0.2) is 0 Å². The molecule has 0 amide bonds. The zero-order valence-corrected chi connectivity index (χ0v) is 17.5. The van der Waals surface area contributed by atoms with Crippen LogP contribution in [0, 0.1) is 6.92 Å². The van der Waals surface area contributed by atoms with Gasteiger partial charge in [0.25, 0.3) is 0 Å². The quantitative estimate of drug-likeness (QED) is 0.677. The summed E-state index contributed by atoms with van der Waals surface area (Å²) in [5.74, 6) is 0.639. The van der Waals surface area contributed by atoms with Crippen LogP contribution in [0.25, 0.3) is 0 Å². The average Bonchev–Trinajstić information content (AvgIpc) is 2.62. The molecule has 0 aliphatic rings. The largest absolute Gasteiger partial charge is 0.497 e. The average molecular weight is 447 g/mol. The molecule has 0 aliphatic heterocycles. The Morgan fingerprint density at radius 2 is 1.07 bits per heavy atom. The number of rotatable bonds is 7. The van der Waals surface area contributed by atoms with Gasteiger partial charge >= 0.3 is 0 Å². The molecule has 2 aromatic rings. The number of aryl methyl sites for hydroxylation is 1. The molecule has 0 aromatic heterocycles. The fourth-order valence-corrected chi connectivity index (χ4v) is 4.10. The summed E-state index contributed by atoms with van der Waals surface area (Å²) >= 11 is 0. The van der Waals surface area contributed by atoms with E-state index in [2.05, 4.69) is 9.44 Å². The van der Waals surface area contributed by atoms with E-state index in [1.165, 1.54) is 19.2 Å². The summed E-state index contributed by atoms with van der Waals surface area (Å²) in [6, 6.07) is 13.0. The van der Waals surface area contributed by atoms with E-state index in [4.69, 9.17) is 4.74 Å². The van der Waals surface area contributed by atoms with Gasteiger partial charge in [-0.15, -0.1) is 0 Å². The molecule has 0 unspecified atom stereocenters. The molecule has 0 fully saturated rings. The van der Waals surface area contributed by atoms with E-state index in [0.29, 0.717) is 23.7 Å². The molecule has 0 saturated heterocycles. The van der Waals surface area contributed by atoms with E-state index >= 15 is 0 Å². The second kappa shape index (κ2) is 13.3. The third kappa shape index (κ3) is 9.40. The van der Waals surface area contributed by atoms with Crippen LogP contribution in [0.4, 0.5) is 0 Å². The number of nitrogens with one attached hydrogen (secondary N) is 2. The van der Waals surface area contributed by atoms with Crippen molar-refractivity contribution < 1.29 is 21.6 Å². The summed E-state index contributed by atoms with van der Waals surface area (Å²) in [5, 5.41) is 0. The lowest BCUT2D eigenvalue weighted by atomic mass is 10.2. The normalized spacial score (nSPS) is 10.6. The Hall–Kier alpha value is -1.94. The van der Waals surface area contributed by atoms with Gasteiger partial charge in [0.1, 0.15) is 5.75 Å². The Kier molecular flexibility index (Phi) is 13.4. The van der Waals surface area contributed by atoms with Crippen molar-refractivity contribution in [3.63, 3.8) is 0 Å². The number of ether oxygens (including phenoxy) is 1. The molecule has 0 atom stereocenters. The first kappa shape index (κ1) is 29.3. The summed E-state index contributed by atoms with van der Waals surface area (Å²) in [6.07, 6.45) is 0. The smallest absolute Gasteiger partial charge is 0.240 e. The Balaban J connectivity index is 0. The van der Waals surface area contributed by atoms with E-state index in [-0.39, 0.29) is 19.7 Å². The molecule has 2 rings (SSSR count). The highest BCUT2D eigenvalue weighted by molar-refractivity contribution is 7.89. The summed E-state index contributed by atoms with van der Waals surface area (Å²) < 4.78 is 55.6. The molecule has 2 aromatic carbocycles. The van der Waals surface area contributed by atoms with Gasteiger partial charge in [-0.05, 0) is 43.3 Å². The van der Waals surface area contributed by atoms with Gasteiger partial charge in [0, 0.05) is 13.1 Å². The summed E-state index contributed by atoms with van der Waals surface area (Å²) in [4.78, 5) is 0.570. The number of hydrogen-bond donors (Lipinski definition) is 2. The van der Waals surface area contributed by atoms with E-state index < -0.39 is 20.0 Å². The molecular weight excluding hydrogens is 412 g/mol. The lowest BCUT2D eigenvalue weighted by Gasteiger charge is -2.04. The van der Waals surface area contributed by atoms with Crippen LogP contribution >= 0.6 is 0 Å². The van der Waals surface area contributed by atoms with Crippen molar-refractivity contribution >= 4 is 20.0 Å². The van der Waals surface area contributed by atoms with Crippen molar-refractivity contribution in [3.8, 4) is 5.75 Å². The first-order chi connectivity index (χ1) is 12.7. The van der Waals surface area contributed by atoms with Gasteiger partial charge in [0.2, 0.25) is 20.0 Å². The lowest BCUT2D eigenvalue weighted by Crippen LogP contribution is -2.22. The highest BCUT2D eigenvalue weighted by Gasteiger charge is 2.12. The molecule has 0 radical (unpaired) electrons. The minimum Gasteiger partial charge on any atom is -0.497 e. The van der Waals surface area contributed by atoms with Crippen molar-refractivity contribution in [3.05, 3.63) is 54.1 Å². The number of methoxy groups -OCH3 is 1. The highest BCUT2D eigenvalue weighted by Crippen LogP contribution is 2.14. The fourth-order valence-electron chi connectivity index (χ4n) is 2.02. The van der Waals surface area contributed by atoms with E-state index in [1.54, 1.807) is 50.2 Å². The van der Waals surface area contributed by atoms with Gasteiger partial charge in [-0.1, -0.05) is 46.4 Å². The molecule has 29 heavy (non-hydrogen) atoms. The van der Waals surface area contributed by atoms with Crippen molar-refractivity contribution in [1.29, 1.82) is 0 Å². The van der Waals surface area contributed by atoms with Crippen LogP contribution in [0.15, 0.2) is 58.3 Å². The Morgan fingerprint density at radius 3 is 1.38 bits per heavy atom. The number of hydrogen-bond acceptors (Lipinski definition) is 5. The molecule has 166 valence electrons. The summed E-state index contributed by atoms with van der Waals surface area (Å²) in [6.45, 7) is 6.21. The number of benzene rings is 2. The van der Waals surface area contributed by atoms with Gasteiger partial charge in [-0.2, -0.15) is 0 Å². The third-order valence-electron chi connectivity index (χ3n) is 3.37. The van der Waals surface area contributed by atoms with Crippen molar-refractivity contribution in [2.24, 2.45) is 0 Å². The molecule has 0 bridgehead atoms. The first-order valence-electron chi connectivity index (χ1n) is 8.36. The van der Waals surface area contributed by atoms with Gasteiger partial charge in [0.05, 0.1) is 16.9 Å². The topological polar surface area (TPSA) is 102 Å². The number of sulfonamides is 2. The standard InChI is InChI=1S/C9H13NO3S.C9H13NO2S.2CH4/c1-3-10-14(11,12)9-6-4-8(13-2)5-7-9;1-3-10-13(11,12)9-6-4-8(2)5-7-9;;/h4-7,10H,3H2,1-2H3;4-7,10H,3H2,1-2H3;2*1H4. The molecule has 2 N–H and O–H groups in total. The van der Waals surface area contributed by atoms with Crippen LogP contribution < -0.4 is 14.2 Å². The van der Waals surface area contributed by atoms with Gasteiger partial charge < -0.3 is 4.74 Å². The van der Waals surface area contributed by atoms with Gasteiger partial charge in [-0.25, -0.2) is 26.3 Å². The predicted molar refractivity (Wildman–Crippen MR) is 119 cm³/mol. The monoisotopic (exact) mass is 446 g/mol. The molecule has 0 heterocycles. The van der Waals surface area contributed by atoms with Crippen LogP contribution in [0.1, 0.15) is 34.3 Å². The summed E-state index contributed by atoms with van der Waals surface area (Å²) in [7, 11) is -5.08. The molecule has 7 nitrogen and oxygen atoms in total. The molecular formula is C20H34N2O5S2. The Bertz CT molecular complexity index is 908. The first-order valence-corrected chi connectivity index (χ1v) is 11.3. The highest BCUT2D eigenvalue weighted by atomic mass is 32.2. The predicted octanol–water partition coefficient (Wildman–Crippen LogP) is 3.56. The summed E-state index contributed by atoms with van der Waals surface area (Å²) in [5.41, 5.74) is 1.05. The minimum atomic E-state index is -3.34. The zero-order chi connectivity index (χ0) is 20.5. The maximum absolute atomic E-state index is 11.5. The molecule has 9 heteroatoms. The van der Waals surface area contributed by atoms with Crippen molar-refractivity contribution in [1.82, 2.24) is 9.44 Å². The second-order valence-electron chi connectivity index (χ2n) is 5.49. The zero-order valence-electron chi connectivity index (χ0n) is 15.9. The minimum absolute atomic E-state index is 0. The fraction of sp³-hybridized carbons (Fsp3) is 0.400. The maximum Gasteiger partial charge on any atom is 0.240 e. The van der Waals surface area contributed by atoms with E-state index in [1.807, 2.05) is 6.92 Å². The van der Waals surface area contributed by atoms with Gasteiger partial charge in [-0.3, -0.25) is 0 Å². The second-order valence-corrected chi connectivity index (χ2v) is 9.03. The maximum atomic E-state index is 11.5. The van der Waals surface area contributed by atoms with Crippen LogP contribution in [0.2, 0.25) is 0 Å². The van der Waals surface area contributed by atoms with Crippen LogP contribution in [0.3, 0.4) is 0 Å².